The van der Waals surface area contributed by atoms with Gasteiger partial charge in [-0.2, -0.15) is 0 Å². The lowest BCUT2D eigenvalue weighted by Gasteiger charge is -2.11. The maximum Gasteiger partial charge on any atom is 0.291 e. The van der Waals surface area contributed by atoms with E-state index >= 15 is 0 Å². The van der Waals surface area contributed by atoms with E-state index < -0.39 is 5.09 Å². The fraction of sp³-hybridized carbons (Fsp3) is 0.353. The number of benzene rings is 1. The Morgan fingerprint density at radius 1 is 1.37 bits per heavy atom. The van der Waals surface area contributed by atoms with Crippen LogP contribution < -0.4 is 10.6 Å². The molecule has 0 aliphatic rings. The van der Waals surface area contributed by atoms with Crippen molar-refractivity contribution in [3.63, 3.8) is 0 Å². The average Bonchev–Trinajstić information content (AvgIpc) is 2.98. The van der Waals surface area contributed by atoms with Crippen LogP contribution in [0, 0.1) is 16.0 Å². The summed E-state index contributed by atoms with van der Waals surface area (Å²) in [6.07, 6.45) is 1.83. The number of imidazole rings is 1. The molecule has 3 aromatic rings. The minimum Gasteiger partial charge on any atom is -0.330 e. The molecule has 3 rings (SSSR count). The van der Waals surface area contributed by atoms with E-state index in [9.17, 15) is 4.79 Å². The van der Waals surface area contributed by atoms with Gasteiger partial charge >= 0.3 is 0 Å². The first-order chi connectivity index (χ1) is 12.8. The Balaban J connectivity index is 0.000000596. The van der Waals surface area contributed by atoms with Crippen molar-refractivity contribution in [3.8, 4) is 0 Å². The molecule has 3 N–H and O–H groups in total. The molecular weight excluding hydrogens is 352 g/mol. The Kier molecular flexibility index (Phi) is 6.61. The number of anilines is 1. The Labute approximate surface area is 155 Å². The number of rotatable bonds is 5. The quantitative estimate of drug-likeness (QED) is 0.459. The third kappa shape index (κ3) is 5.11. The normalized spacial score (nSPS) is 10.7. The molecule has 2 aromatic heterocycles. The molecule has 10 nitrogen and oxygen atoms in total. The van der Waals surface area contributed by atoms with Gasteiger partial charge in [0.05, 0.1) is 23.9 Å². The van der Waals surface area contributed by atoms with Gasteiger partial charge in [0.1, 0.15) is 5.52 Å². The second-order valence-corrected chi connectivity index (χ2v) is 6.28. The molecule has 0 aliphatic heterocycles. The number of hydrogen-bond acceptors (Lipinski definition) is 6. The van der Waals surface area contributed by atoms with Crippen LogP contribution in [-0.4, -0.2) is 44.3 Å². The first kappa shape index (κ1) is 20.0. The van der Waals surface area contributed by atoms with Crippen LogP contribution in [0.2, 0.25) is 0 Å². The molecule has 0 fully saturated rings. The third-order valence-electron chi connectivity index (χ3n) is 3.61. The highest BCUT2D eigenvalue weighted by molar-refractivity contribution is 6.09. The summed E-state index contributed by atoms with van der Waals surface area (Å²) >= 11 is 0. The Bertz CT molecular complexity index is 949. The molecular formula is C17H22N6O4. The minimum absolute atomic E-state index is 0.130. The summed E-state index contributed by atoms with van der Waals surface area (Å²) in [7, 11) is 1.74. The van der Waals surface area contributed by atoms with E-state index in [0.717, 1.165) is 28.5 Å². The van der Waals surface area contributed by atoms with E-state index in [2.05, 4.69) is 39.0 Å². The number of carbonyl (C=O) groups is 1. The van der Waals surface area contributed by atoms with E-state index in [1.807, 2.05) is 30.6 Å². The van der Waals surface area contributed by atoms with E-state index in [0.29, 0.717) is 11.7 Å². The van der Waals surface area contributed by atoms with Crippen molar-refractivity contribution in [2.24, 2.45) is 5.92 Å². The van der Waals surface area contributed by atoms with Crippen molar-refractivity contribution in [3.05, 3.63) is 40.7 Å². The minimum atomic E-state index is -1.50. The zero-order valence-corrected chi connectivity index (χ0v) is 15.3. The number of para-hydroxylation sites is 1. The molecule has 27 heavy (non-hydrogen) atoms. The van der Waals surface area contributed by atoms with E-state index in [1.165, 1.54) is 0 Å². The van der Waals surface area contributed by atoms with Crippen molar-refractivity contribution in [1.29, 1.82) is 0 Å². The predicted molar refractivity (Wildman–Crippen MR) is 101 cm³/mol. The molecule has 10 heteroatoms. The number of likely N-dealkylation sites (N-methyl/N-ethyl adjacent to an activating group) is 1. The summed E-state index contributed by atoms with van der Waals surface area (Å²) in [4.78, 5) is 29.4. The number of aromatic nitrogens is 3. The lowest BCUT2D eigenvalue weighted by Crippen LogP contribution is -2.25. The highest BCUT2D eigenvalue weighted by Gasteiger charge is 2.15. The second-order valence-electron chi connectivity index (χ2n) is 6.28. The molecule has 144 valence electrons. The van der Waals surface area contributed by atoms with Crippen LogP contribution >= 0.6 is 0 Å². The summed E-state index contributed by atoms with van der Waals surface area (Å²) < 4.78 is 2.14. The van der Waals surface area contributed by atoms with Gasteiger partial charge in [0.25, 0.3) is 5.09 Å². The lowest BCUT2D eigenvalue weighted by molar-refractivity contribution is -0.742. The van der Waals surface area contributed by atoms with Crippen LogP contribution in [0.25, 0.3) is 21.9 Å². The summed E-state index contributed by atoms with van der Waals surface area (Å²) in [6.45, 7) is 5.45. The molecule has 0 aliphatic carbocycles. The SMILES string of the molecule is CNCC(=O)Nc1nc2ccccc2c2c1ncn2CC(C)C.O=[N+]([O-])O. The largest absolute Gasteiger partial charge is 0.330 e. The number of fused-ring (bicyclic) bond motifs is 3. The molecule has 0 spiro atoms. The van der Waals surface area contributed by atoms with Gasteiger partial charge in [0.15, 0.2) is 5.82 Å². The molecule has 0 atom stereocenters. The molecule has 1 amide bonds. The standard InChI is InChI=1S/C17H21N5O.HNO3/c1-11(2)9-22-10-19-15-16(22)12-6-4-5-7-13(12)20-17(15)21-14(23)8-18-3;2-1(3)4/h4-7,10-11,18H,8-9H2,1-3H3,(H,20,21,23);(H,2,3,4). The number of nitrogens with one attached hydrogen (secondary N) is 2. The van der Waals surface area contributed by atoms with Crippen molar-refractivity contribution in [2.75, 3.05) is 18.9 Å². The van der Waals surface area contributed by atoms with Crippen molar-refractivity contribution in [2.45, 2.75) is 20.4 Å². The van der Waals surface area contributed by atoms with Crippen LogP contribution in [0.1, 0.15) is 13.8 Å². The predicted octanol–water partition coefficient (Wildman–Crippen LogP) is 2.05. The number of pyridine rings is 1. The fourth-order valence-electron chi connectivity index (χ4n) is 2.74. The molecule has 1 aromatic carbocycles. The van der Waals surface area contributed by atoms with Gasteiger partial charge < -0.3 is 20.4 Å². The van der Waals surface area contributed by atoms with Gasteiger partial charge in [-0.1, -0.05) is 32.0 Å². The van der Waals surface area contributed by atoms with Gasteiger partial charge in [-0.15, -0.1) is 10.1 Å². The Hall–Kier alpha value is -3.27. The lowest BCUT2D eigenvalue weighted by atomic mass is 10.1. The second kappa shape index (κ2) is 8.90. The van der Waals surface area contributed by atoms with Crippen LogP contribution in [0.15, 0.2) is 30.6 Å². The molecule has 0 saturated heterocycles. The molecule has 2 heterocycles. The van der Waals surface area contributed by atoms with Crippen LogP contribution in [0.3, 0.4) is 0 Å². The monoisotopic (exact) mass is 374 g/mol. The zero-order valence-electron chi connectivity index (χ0n) is 15.3. The summed E-state index contributed by atoms with van der Waals surface area (Å²) in [5.74, 6) is 0.887. The zero-order chi connectivity index (χ0) is 20.0. The maximum atomic E-state index is 11.9. The summed E-state index contributed by atoms with van der Waals surface area (Å²) in [6, 6.07) is 7.94. The van der Waals surface area contributed by atoms with E-state index in [1.54, 1.807) is 7.05 Å². The highest BCUT2D eigenvalue weighted by atomic mass is 16.9. The summed E-state index contributed by atoms with van der Waals surface area (Å²) in [5.41, 5.74) is 2.60. The van der Waals surface area contributed by atoms with Gasteiger partial charge in [-0.3, -0.25) is 4.79 Å². The summed E-state index contributed by atoms with van der Waals surface area (Å²) in [5, 5.41) is 20.4. The molecule has 0 saturated carbocycles. The first-order valence-corrected chi connectivity index (χ1v) is 8.34. The van der Waals surface area contributed by atoms with E-state index in [-0.39, 0.29) is 12.5 Å². The highest BCUT2D eigenvalue weighted by Crippen LogP contribution is 2.29. The maximum absolute atomic E-state index is 11.9. The van der Waals surface area contributed by atoms with E-state index in [4.69, 9.17) is 15.3 Å². The van der Waals surface area contributed by atoms with Gasteiger partial charge in [-0.05, 0) is 19.0 Å². The first-order valence-electron chi connectivity index (χ1n) is 8.34. The van der Waals surface area contributed by atoms with Crippen molar-refractivity contribution in [1.82, 2.24) is 19.9 Å². The van der Waals surface area contributed by atoms with Crippen molar-refractivity contribution >= 4 is 33.7 Å². The van der Waals surface area contributed by atoms with Gasteiger partial charge in [0.2, 0.25) is 5.91 Å². The fourth-order valence-corrected chi connectivity index (χ4v) is 2.74. The topological polar surface area (TPSA) is 135 Å². The van der Waals surface area contributed by atoms with Crippen LogP contribution in [-0.2, 0) is 11.3 Å². The van der Waals surface area contributed by atoms with Gasteiger partial charge in [0, 0.05) is 11.9 Å². The van der Waals surface area contributed by atoms with Crippen LogP contribution in [0.5, 0.6) is 0 Å². The Morgan fingerprint density at radius 3 is 2.67 bits per heavy atom. The number of amides is 1. The molecule has 0 unspecified atom stereocenters. The average molecular weight is 374 g/mol. The number of carbonyl (C=O) groups excluding carboxylic acids is 1. The van der Waals surface area contributed by atoms with Crippen molar-refractivity contribution < 1.29 is 15.1 Å². The number of hydrogen-bond donors (Lipinski definition) is 3. The van der Waals surface area contributed by atoms with Gasteiger partial charge in [-0.25, -0.2) is 9.97 Å². The third-order valence-corrected chi connectivity index (χ3v) is 3.61. The number of nitrogens with zero attached hydrogens (tertiary/aromatic N) is 4. The smallest absolute Gasteiger partial charge is 0.291 e. The Morgan fingerprint density at radius 2 is 2.04 bits per heavy atom. The molecule has 0 bridgehead atoms. The van der Waals surface area contributed by atoms with Crippen LogP contribution in [0.4, 0.5) is 5.82 Å². The molecule has 0 radical (unpaired) electrons.